The van der Waals surface area contributed by atoms with Gasteiger partial charge in [0, 0.05) is 29.4 Å². The van der Waals surface area contributed by atoms with E-state index < -0.39 is 5.41 Å². The van der Waals surface area contributed by atoms with Crippen LogP contribution < -0.4 is 0 Å². The van der Waals surface area contributed by atoms with Gasteiger partial charge in [-0.2, -0.15) is 5.26 Å². The number of nitriles is 1. The number of carbonyl (C=O) groups excluding carboxylic acids is 1. The van der Waals surface area contributed by atoms with Gasteiger partial charge in [0.1, 0.15) is 24.0 Å². The van der Waals surface area contributed by atoms with Gasteiger partial charge in [0.25, 0.3) is 0 Å². The Bertz CT molecular complexity index is 1300. The number of benzene rings is 1. The zero-order chi connectivity index (χ0) is 22.5. The molecule has 0 unspecified atom stereocenters. The predicted molar refractivity (Wildman–Crippen MR) is 115 cm³/mol. The first kappa shape index (κ1) is 20.1. The normalized spacial score (nSPS) is 24.2. The molecule has 158 valence electrons. The number of halogens is 1. The second-order valence-corrected chi connectivity index (χ2v) is 8.42. The van der Waals surface area contributed by atoms with Crippen LogP contribution in [-0.4, -0.2) is 25.7 Å². The van der Waals surface area contributed by atoms with Crippen LogP contribution in [0.3, 0.4) is 0 Å². The van der Waals surface area contributed by atoms with Crippen molar-refractivity contribution in [1.82, 2.24) is 19.9 Å². The van der Waals surface area contributed by atoms with E-state index in [1.54, 1.807) is 30.6 Å². The molecule has 3 atom stereocenters. The lowest BCUT2D eigenvalue weighted by Gasteiger charge is -2.48. The maximum Gasteiger partial charge on any atom is 0.176 e. The van der Waals surface area contributed by atoms with Crippen molar-refractivity contribution in [1.29, 1.82) is 5.26 Å². The average Bonchev–Trinajstić information content (AvgIpc) is 2.81. The molecule has 0 fully saturated rings. The van der Waals surface area contributed by atoms with Gasteiger partial charge in [-0.3, -0.25) is 4.79 Å². The third kappa shape index (κ3) is 2.87. The van der Waals surface area contributed by atoms with E-state index in [1.807, 2.05) is 13.8 Å². The van der Waals surface area contributed by atoms with Crippen molar-refractivity contribution in [3.05, 3.63) is 83.1 Å². The van der Waals surface area contributed by atoms with Crippen LogP contribution >= 0.6 is 0 Å². The van der Waals surface area contributed by atoms with E-state index in [9.17, 15) is 14.4 Å². The minimum absolute atomic E-state index is 0.112. The van der Waals surface area contributed by atoms with Gasteiger partial charge in [-0.25, -0.2) is 24.3 Å². The number of Topliss-reactive ketones (excluding diaryl/α,β-unsaturated/α-hetero) is 1. The number of carbonyl (C=O) groups is 1. The maximum absolute atomic E-state index is 13.8. The zero-order valence-corrected chi connectivity index (χ0v) is 17.7. The highest BCUT2D eigenvalue weighted by atomic mass is 19.1. The van der Waals surface area contributed by atoms with Crippen molar-refractivity contribution < 1.29 is 9.18 Å². The summed E-state index contributed by atoms with van der Waals surface area (Å²) in [6.07, 6.45) is 8.05. The van der Waals surface area contributed by atoms with Crippen molar-refractivity contribution in [2.24, 2.45) is 11.8 Å². The van der Waals surface area contributed by atoms with E-state index in [-0.39, 0.29) is 29.0 Å². The lowest BCUT2D eigenvalue weighted by atomic mass is 9.54. The van der Waals surface area contributed by atoms with Gasteiger partial charge in [-0.05, 0) is 49.5 Å². The first-order chi connectivity index (χ1) is 15.5. The molecule has 0 spiro atoms. The number of nitrogens with zero attached hydrogens (tertiary/aromatic N) is 5. The molecule has 0 amide bonds. The van der Waals surface area contributed by atoms with Crippen molar-refractivity contribution in [3.8, 4) is 17.3 Å². The lowest BCUT2D eigenvalue weighted by molar-refractivity contribution is -0.121. The molecule has 2 aliphatic carbocycles. The summed E-state index contributed by atoms with van der Waals surface area (Å²) in [5, 5.41) is 9.76. The monoisotopic (exact) mass is 425 g/mol. The number of ketones is 1. The number of fused-ring (bicyclic) bond motifs is 3. The van der Waals surface area contributed by atoms with Crippen LogP contribution in [0.5, 0.6) is 0 Å². The van der Waals surface area contributed by atoms with E-state index in [4.69, 9.17) is 9.97 Å². The Labute approximate surface area is 184 Å². The molecule has 2 aromatic heterocycles. The molecule has 0 saturated carbocycles. The van der Waals surface area contributed by atoms with Gasteiger partial charge < -0.3 is 0 Å². The number of hydrogen-bond acceptors (Lipinski definition) is 6. The van der Waals surface area contributed by atoms with Crippen LogP contribution in [0, 0.1) is 35.9 Å². The first-order valence-electron chi connectivity index (χ1n) is 10.5. The molecule has 2 heterocycles. The molecule has 0 saturated heterocycles. The van der Waals surface area contributed by atoms with Gasteiger partial charge in [-0.15, -0.1) is 0 Å². The summed E-state index contributed by atoms with van der Waals surface area (Å²) in [6, 6.07) is 8.38. The van der Waals surface area contributed by atoms with Crippen LogP contribution in [0.15, 0.2) is 54.6 Å². The summed E-state index contributed by atoms with van der Waals surface area (Å²) in [5.41, 5.74) is 3.34. The molecule has 1 aromatic carbocycles. The number of hydrogen-bond donors (Lipinski definition) is 0. The fraction of sp³-hybridized carbons (Fsp3) is 0.280. The van der Waals surface area contributed by atoms with Crippen LogP contribution in [0.4, 0.5) is 4.39 Å². The minimum atomic E-state index is -0.836. The number of rotatable bonds is 2. The van der Waals surface area contributed by atoms with Gasteiger partial charge >= 0.3 is 0 Å². The van der Waals surface area contributed by atoms with E-state index in [2.05, 4.69) is 16.0 Å². The van der Waals surface area contributed by atoms with Crippen LogP contribution in [0.1, 0.15) is 36.0 Å². The fourth-order valence-corrected chi connectivity index (χ4v) is 5.33. The largest absolute Gasteiger partial charge is 0.293 e. The molecule has 32 heavy (non-hydrogen) atoms. The fourth-order valence-electron chi connectivity index (χ4n) is 5.33. The third-order valence-corrected chi connectivity index (χ3v) is 6.73. The van der Waals surface area contributed by atoms with Gasteiger partial charge in [0.2, 0.25) is 0 Å². The summed E-state index contributed by atoms with van der Waals surface area (Å²) in [7, 11) is 0. The summed E-state index contributed by atoms with van der Waals surface area (Å²) in [5.74, 6) is -0.406. The summed E-state index contributed by atoms with van der Waals surface area (Å²) >= 11 is 0. The quantitative estimate of drug-likeness (QED) is 0.618. The lowest BCUT2D eigenvalue weighted by Crippen LogP contribution is -2.48. The molecular formula is C25H20FN5O. The molecule has 0 N–H and O–H groups in total. The van der Waals surface area contributed by atoms with Crippen LogP contribution in [0.25, 0.3) is 11.3 Å². The molecule has 2 aliphatic rings. The molecule has 3 aromatic rings. The Morgan fingerprint density at radius 1 is 1.16 bits per heavy atom. The van der Waals surface area contributed by atoms with Gasteiger partial charge in [0.05, 0.1) is 22.4 Å². The van der Waals surface area contributed by atoms with E-state index in [0.717, 1.165) is 28.1 Å². The van der Waals surface area contributed by atoms with Gasteiger partial charge in [-0.1, -0.05) is 19.1 Å². The van der Waals surface area contributed by atoms with Crippen LogP contribution in [0.2, 0.25) is 0 Å². The van der Waals surface area contributed by atoms with E-state index >= 15 is 0 Å². The summed E-state index contributed by atoms with van der Waals surface area (Å²) < 4.78 is 13.8. The van der Waals surface area contributed by atoms with Crippen molar-refractivity contribution in [2.45, 2.75) is 32.1 Å². The molecule has 5 rings (SSSR count). The highest BCUT2D eigenvalue weighted by molar-refractivity contribution is 6.02. The van der Waals surface area contributed by atoms with Crippen LogP contribution in [-0.2, 0) is 16.6 Å². The third-order valence-electron chi connectivity index (χ3n) is 6.73. The smallest absolute Gasteiger partial charge is 0.176 e. The topological polar surface area (TPSA) is 92.4 Å². The molecule has 0 aliphatic heterocycles. The Morgan fingerprint density at radius 2 is 1.88 bits per heavy atom. The Morgan fingerprint density at radius 3 is 2.56 bits per heavy atom. The molecule has 0 bridgehead atoms. The maximum atomic E-state index is 13.8. The Kier molecular flexibility index (Phi) is 4.66. The average molecular weight is 425 g/mol. The number of aromatic nitrogens is 4. The van der Waals surface area contributed by atoms with Crippen molar-refractivity contribution >= 4 is 5.78 Å². The standard InChI is InChI=1S/C25H20FN5O/c1-14-21-8-7-20-22(17-11-28-13-29-12-17)30-15(2)31-24(20)25(21,9-16(10-27)23(14)32)18-3-5-19(26)6-4-18/h3-6,9,11-14,21H,7-8H2,1-2H3/t14-,21-,25+/m0/s1. The van der Waals surface area contributed by atoms with E-state index in [0.29, 0.717) is 18.7 Å². The predicted octanol–water partition coefficient (Wildman–Crippen LogP) is 3.90. The molecule has 7 heteroatoms. The first-order valence-corrected chi connectivity index (χ1v) is 10.5. The Hall–Kier alpha value is -3.79. The molecule has 0 radical (unpaired) electrons. The van der Waals surface area contributed by atoms with E-state index in [1.165, 1.54) is 18.5 Å². The SMILES string of the molecule is Cc1nc(-c2cncnc2)c2c(n1)[C@@]1(c3ccc(F)cc3)C=C(C#N)C(=O)[C@@H](C)[C@@H]1CC2. The number of allylic oxidation sites excluding steroid dienone is 2. The second kappa shape index (κ2) is 7.41. The van der Waals surface area contributed by atoms with Gasteiger partial charge in [0.15, 0.2) is 5.78 Å². The zero-order valence-electron chi connectivity index (χ0n) is 17.7. The highest BCUT2D eigenvalue weighted by Crippen LogP contribution is 2.54. The summed E-state index contributed by atoms with van der Waals surface area (Å²) in [6.45, 7) is 3.70. The highest BCUT2D eigenvalue weighted by Gasteiger charge is 2.53. The summed E-state index contributed by atoms with van der Waals surface area (Å²) in [4.78, 5) is 30.8. The Balaban J connectivity index is 1.88. The van der Waals surface area contributed by atoms with Crippen molar-refractivity contribution in [2.75, 3.05) is 0 Å². The molecular weight excluding hydrogens is 405 g/mol. The number of aryl methyl sites for hydroxylation is 1. The second-order valence-electron chi connectivity index (χ2n) is 8.42. The minimum Gasteiger partial charge on any atom is -0.293 e. The molecule has 6 nitrogen and oxygen atoms in total. The van der Waals surface area contributed by atoms with Crippen molar-refractivity contribution in [3.63, 3.8) is 0 Å².